The van der Waals surface area contributed by atoms with E-state index in [0.717, 1.165) is 10.6 Å². The molecule has 2 aromatic rings. The first-order valence-electron chi connectivity index (χ1n) is 9.19. The maximum absolute atomic E-state index is 13.0. The quantitative estimate of drug-likeness (QED) is 0.778. The van der Waals surface area contributed by atoms with Gasteiger partial charge in [-0.2, -0.15) is 4.31 Å². The first-order valence-corrected chi connectivity index (χ1v) is 11.5. The molecule has 2 heterocycles. The number of thiophene rings is 1. The number of sulfonamides is 1. The summed E-state index contributed by atoms with van der Waals surface area (Å²) >= 11 is 1.24. The molecule has 0 unspecified atom stereocenters. The maximum Gasteiger partial charge on any atom is 0.284 e. The Morgan fingerprint density at radius 1 is 1.19 bits per heavy atom. The number of hydrogen-bond acceptors (Lipinski definition) is 4. The predicted molar refractivity (Wildman–Crippen MR) is 108 cm³/mol. The molecule has 1 aromatic heterocycles. The van der Waals surface area contributed by atoms with Crippen LogP contribution in [-0.2, 0) is 14.8 Å². The van der Waals surface area contributed by atoms with Crippen LogP contribution in [0.2, 0.25) is 0 Å². The summed E-state index contributed by atoms with van der Waals surface area (Å²) < 4.78 is 27.2. The molecule has 0 bridgehead atoms. The molecule has 8 heteroatoms. The smallest absolute Gasteiger partial charge is 0.284 e. The van der Waals surface area contributed by atoms with Crippen molar-refractivity contribution in [2.45, 2.75) is 24.1 Å². The Bertz CT molecular complexity index is 846. The Labute approximate surface area is 165 Å². The standard InChI is InChI=1S/C19H25N3O3S2/c1-3-22(17-8-5-4-6-9-17)19(23)16(2)20-11-13-21(14-12-20)27(24,25)18-10-7-15-26-18/h4-10,15-16H,3,11-14H2,1-2H3/p+1/t16-/m1/s1. The highest BCUT2D eigenvalue weighted by atomic mass is 32.2. The number of para-hydroxylation sites is 1. The van der Waals surface area contributed by atoms with Gasteiger partial charge in [0.25, 0.3) is 15.9 Å². The lowest BCUT2D eigenvalue weighted by atomic mass is 10.2. The SMILES string of the molecule is CCN(C(=O)[C@@H](C)[NH+]1CCN(S(=O)(=O)c2cccs2)CC1)c1ccccc1. The Morgan fingerprint density at radius 2 is 1.85 bits per heavy atom. The zero-order valence-electron chi connectivity index (χ0n) is 15.7. The number of quaternary nitrogens is 1. The van der Waals surface area contributed by atoms with Crippen LogP contribution in [0.25, 0.3) is 0 Å². The van der Waals surface area contributed by atoms with E-state index in [-0.39, 0.29) is 11.9 Å². The van der Waals surface area contributed by atoms with Crippen molar-refractivity contribution in [3.8, 4) is 0 Å². The van der Waals surface area contributed by atoms with E-state index >= 15 is 0 Å². The number of piperazine rings is 1. The van der Waals surface area contributed by atoms with Gasteiger partial charge in [-0.1, -0.05) is 24.3 Å². The van der Waals surface area contributed by atoms with Crippen LogP contribution in [0.15, 0.2) is 52.1 Å². The number of likely N-dealkylation sites (N-methyl/N-ethyl adjacent to an activating group) is 1. The molecule has 6 nitrogen and oxygen atoms in total. The van der Waals surface area contributed by atoms with E-state index in [2.05, 4.69) is 0 Å². The zero-order chi connectivity index (χ0) is 19.4. The second kappa shape index (κ2) is 8.52. The fourth-order valence-electron chi connectivity index (χ4n) is 3.47. The normalized spacial score (nSPS) is 17.6. The fourth-order valence-corrected chi connectivity index (χ4v) is 6.05. The number of nitrogens with one attached hydrogen (secondary N) is 1. The van der Waals surface area contributed by atoms with Crippen LogP contribution in [0.5, 0.6) is 0 Å². The van der Waals surface area contributed by atoms with Crippen molar-refractivity contribution in [1.29, 1.82) is 0 Å². The number of nitrogens with zero attached hydrogens (tertiary/aromatic N) is 2. The summed E-state index contributed by atoms with van der Waals surface area (Å²) in [4.78, 5) is 15.9. The van der Waals surface area contributed by atoms with Gasteiger partial charge in [-0.15, -0.1) is 11.3 Å². The molecule has 1 saturated heterocycles. The Kier molecular flexibility index (Phi) is 6.31. The van der Waals surface area contributed by atoms with Crippen LogP contribution in [0, 0.1) is 0 Å². The van der Waals surface area contributed by atoms with Crippen LogP contribution < -0.4 is 9.80 Å². The van der Waals surface area contributed by atoms with Gasteiger partial charge in [-0.3, -0.25) is 4.79 Å². The Morgan fingerprint density at radius 3 is 2.41 bits per heavy atom. The number of anilines is 1. The van der Waals surface area contributed by atoms with E-state index in [1.807, 2.05) is 44.2 Å². The summed E-state index contributed by atoms with van der Waals surface area (Å²) in [5.74, 6) is 0.0771. The highest BCUT2D eigenvalue weighted by molar-refractivity contribution is 7.91. The zero-order valence-corrected chi connectivity index (χ0v) is 17.3. The number of benzene rings is 1. The van der Waals surface area contributed by atoms with E-state index in [9.17, 15) is 13.2 Å². The highest BCUT2D eigenvalue weighted by Crippen LogP contribution is 2.20. The number of carbonyl (C=O) groups is 1. The van der Waals surface area contributed by atoms with Gasteiger partial charge in [0.05, 0.1) is 26.2 Å². The summed E-state index contributed by atoms with van der Waals surface area (Å²) in [6, 6.07) is 12.9. The third-order valence-corrected chi connectivity index (χ3v) is 8.36. The minimum absolute atomic E-state index is 0.0771. The molecule has 0 spiro atoms. The Balaban J connectivity index is 1.64. The molecule has 1 amide bonds. The highest BCUT2D eigenvalue weighted by Gasteiger charge is 2.36. The van der Waals surface area contributed by atoms with Gasteiger partial charge < -0.3 is 9.80 Å². The van der Waals surface area contributed by atoms with Gasteiger partial charge in [0.15, 0.2) is 6.04 Å². The molecule has 27 heavy (non-hydrogen) atoms. The lowest BCUT2D eigenvalue weighted by Crippen LogP contribution is -3.19. The second-order valence-electron chi connectivity index (χ2n) is 6.63. The first kappa shape index (κ1) is 20.0. The third-order valence-electron chi connectivity index (χ3n) is 5.09. The lowest BCUT2D eigenvalue weighted by Gasteiger charge is -2.35. The van der Waals surface area contributed by atoms with Crippen LogP contribution in [0.1, 0.15) is 13.8 Å². The van der Waals surface area contributed by atoms with E-state index in [1.165, 1.54) is 15.6 Å². The fraction of sp³-hybridized carbons (Fsp3) is 0.421. The number of carbonyl (C=O) groups excluding carboxylic acids is 1. The molecule has 0 saturated carbocycles. The second-order valence-corrected chi connectivity index (χ2v) is 9.75. The molecule has 1 aliphatic heterocycles. The van der Waals surface area contributed by atoms with Gasteiger partial charge >= 0.3 is 0 Å². The molecule has 1 atom stereocenters. The predicted octanol–water partition coefficient (Wildman–Crippen LogP) is 1.08. The summed E-state index contributed by atoms with van der Waals surface area (Å²) in [7, 11) is -3.41. The minimum Gasteiger partial charge on any atom is -0.323 e. The summed E-state index contributed by atoms with van der Waals surface area (Å²) in [6.07, 6.45) is 0. The molecule has 146 valence electrons. The molecule has 0 aliphatic carbocycles. The van der Waals surface area contributed by atoms with Gasteiger partial charge in [0.1, 0.15) is 4.21 Å². The topological polar surface area (TPSA) is 62.1 Å². The van der Waals surface area contributed by atoms with Crippen molar-refractivity contribution < 1.29 is 18.1 Å². The van der Waals surface area contributed by atoms with Gasteiger partial charge in [-0.05, 0) is 37.4 Å². The summed E-state index contributed by atoms with van der Waals surface area (Å²) in [5, 5.41) is 1.78. The maximum atomic E-state index is 13.0. The van der Waals surface area contributed by atoms with Crippen LogP contribution >= 0.6 is 11.3 Å². The van der Waals surface area contributed by atoms with Crippen LogP contribution in [0.3, 0.4) is 0 Å². The summed E-state index contributed by atoms with van der Waals surface area (Å²) in [5.41, 5.74) is 0.898. The Hall–Kier alpha value is -1.74. The molecule has 1 aromatic carbocycles. The van der Waals surface area contributed by atoms with Crippen molar-refractivity contribution in [3.63, 3.8) is 0 Å². The molecule has 1 fully saturated rings. The molecule has 0 radical (unpaired) electrons. The first-order chi connectivity index (χ1) is 12.9. The number of hydrogen-bond donors (Lipinski definition) is 1. The molecule has 3 rings (SSSR count). The number of amides is 1. The van der Waals surface area contributed by atoms with Gasteiger partial charge in [0, 0.05) is 12.2 Å². The monoisotopic (exact) mass is 408 g/mol. The van der Waals surface area contributed by atoms with Crippen molar-refractivity contribution in [2.24, 2.45) is 0 Å². The van der Waals surface area contributed by atoms with Crippen molar-refractivity contribution >= 4 is 33.0 Å². The van der Waals surface area contributed by atoms with Crippen LogP contribution in [0.4, 0.5) is 5.69 Å². The van der Waals surface area contributed by atoms with E-state index in [1.54, 1.807) is 22.4 Å². The van der Waals surface area contributed by atoms with E-state index in [0.29, 0.717) is 36.9 Å². The molecular formula is C19H26N3O3S2+. The van der Waals surface area contributed by atoms with Gasteiger partial charge in [-0.25, -0.2) is 8.42 Å². The largest absolute Gasteiger partial charge is 0.323 e. The average Bonchev–Trinajstić information content (AvgIpc) is 3.24. The van der Waals surface area contributed by atoms with Crippen molar-refractivity contribution in [1.82, 2.24) is 4.31 Å². The number of rotatable bonds is 6. The van der Waals surface area contributed by atoms with E-state index < -0.39 is 10.0 Å². The molecule has 1 N–H and O–H groups in total. The minimum atomic E-state index is -3.41. The molecular weight excluding hydrogens is 382 g/mol. The lowest BCUT2D eigenvalue weighted by molar-refractivity contribution is -0.917. The average molecular weight is 409 g/mol. The van der Waals surface area contributed by atoms with Crippen molar-refractivity contribution in [2.75, 3.05) is 37.6 Å². The third kappa shape index (κ3) is 4.24. The van der Waals surface area contributed by atoms with Crippen molar-refractivity contribution in [3.05, 3.63) is 47.8 Å². The summed E-state index contributed by atoms with van der Waals surface area (Å²) in [6.45, 7) is 6.65. The molecule has 1 aliphatic rings. The van der Waals surface area contributed by atoms with Gasteiger partial charge in [0.2, 0.25) is 0 Å². The van der Waals surface area contributed by atoms with E-state index in [4.69, 9.17) is 0 Å². The van der Waals surface area contributed by atoms with Crippen LogP contribution in [-0.4, -0.2) is 57.4 Å².